The van der Waals surface area contributed by atoms with Crippen LogP contribution in [0.3, 0.4) is 0 Å². The number of anilines is 1. The molecule has 0 fully saturated rings. The van der Waals surface area contributed by atoms with Crippen molar-refractivity contribution in [3.63, 3.8) is 0 Å². The Bertz CT molecular complexity index is 455. The minimum absolute atomic E-state index is 0.299. The van der Waals surface area contributed by atoms with Crippen LogP contribution in [-0.2, 0) is 9.59 Å². The van der Waals surface area contributed by atoms with Crippen LogP contribution in [0.15, 0.2) is 30.4 Å². The van der Waals surface area contributed by atoms with Crippen LogP contribution in [0.2, 0.25) is 0 Å². The van der Waals surface area contributed by atoms with E-state index in [0.717, 1.165) is 12.1 Å². The number of carbonyl (C=O) groups excluding carboxylic acids is 2. The molecule has 0 aliphatic heterocycles. The average Bonchev–Trinajstić information content (AvgIpc) is 2.20. The lowest BCUT2D eigenvalue weighted by atomic mass is 10.2. The molecule has 0 aromatic heterocycles. The Morgan fingerprint density at radius 1 is 1.38 bits per heavy atom. The Labute approximate surface area is 91.4 Å². The van der Waals surface area contributed by atoms with Gasteiger partial charge in [0, 0.05) is 11.8 Å². The lowest BCUT2D eigenvalue weighted by Gasteiger charge is -2.06. The Morgan fingerprint density at radius 3 is 2.69 bits per heavy atom. The first-order chi connectivity index (χ1) is 7.49. The Hall–Kier alpha value is -2.17. The van der Waals surface area contributed by atoms with Gasteiger partial charge >= 0.3 is 0 Å². The lowest BCUT2D eigenvalue weighted by molar-refractivity contribution is -0.297. The highest BCUT2D eigenvalue weighted by molar-refractivity contribution is 6.02. The van der Waals surface area contributed by atoms with Crippen molar-refractivity contribution in [3.8, 4) is 0 Å². The van der Waals surface area contributed by atoms with Crippen molar-refractivity contribution in [2.75, 3.05) is 5.32 Å². The number of rotatable bonds is 3. The van der Waals surface area contributed by atoms with Gasteiger partial charge in [-0.3, -0.25) is 4.79 Å². The first kappa shape index (κ1) is 11.9. The van der Waals surface area contributed by atoms with Gasteiger partial charge in [-0.15, -0.1) is 0 Å². The molecule has 0 aliphatic carbocycles. The number of carbonyl (C=O) groups is 2. The van der Waals surface area contributed by atoms with E-state index < -0.39 is 17.7 Å². The largest absolute Gasteiger partial charge is 0.545 e. The molecule has 0 spiro atoms. The van der Waals surface area contributed by atoms with Crippen LogP contribution in [0.25, 0.3) is 0 Å². The minimum Gasteiger partial charge on any atom is -0.545 e. The van der Waals surface area contributed by atoms with E-state index in [4.69, 9.17) is 0 Å². The number of nitrogens with one attached hydrogen (secondary N) is 1. The van der Waals surface area contributed by atoms with E-state index in [1.165, 1.54) is 12.1 Å². The van der Waals surface area contributed by atoms with Gasteiger partial charge in [0.2, 0.25) is 5.91 Å². The van der Waals surface area contributed by atoms with Crippen molar-refractivity contribution >= 4 is 17.6 Å². The summed E-state index contributed by atoms with van der Waals surface area (Å²) in [5.41, 5.74) is 0.976. The SMILES string of the molecule is Cc1ccc(F)cc1NC(=O)C=CC(=O)[O-]. The van der Waals surface area contributed by atoms with E-state index in [2.05, 4.69) is 5.32 Å². The number of hydrogen-bond donors (Lipinski definition) is 1. The van der Waals surface area contributed by atoms with E-state index in [9.17, 15) is 19.1 Å². The summed E-state index contributed by atoms with van der Waals surface area (Å²) in [4.78, 5) is 21.2. The Kier molecular flexibility index (Phi) is 3.77. The van der Waals surface area contributed by atoms with Crippen molar-refractivity contribution < 1.29 is 19.1 Å². The molecule has 1 aromatic rings. The van der Waals surface area contributed by atoms with Crippen molar-refractivity contribution in [2.24, 2.45) is 0 Å². The molecule has 0 bridgehead atoms. The Balaban J connectivity index is 2.77. The van der Waals surface area contributed by atoms with Crippen molar-refractivity contribution in [3.05, 3.63) is 41.7 Å². The predicted octanol–water partition coefficient (Wildman–Crippen LogP) is 0.379. The zero-order valence-corrected chi connectivity index (χ0v) is 8.49. The number of amides is 1. The van der Waals surface area contributed by atoms with Crippen molar-refractivity contribution in [2.45, 2.75) is 6.92 Å². The molecule has 0 aliphatic rings. The number of hydrogen-bond acceptors (Lipinski definition) is 3. The normalized spacial score (nSPS) is 10.4. The maximum Gasteiger partial charge on any atom is 0.248 e. The van der Waals surface area contributed by atoms with Crippen LogP contribution >= 0.6 is 0 Å². The molecular formula is C11H9FNO3-. The second kappa shape index (κ2) is 5.06. The van der Waals surface area contributed by atoms with Gasteiger partial charge in [0.25, 0.3) is 0 Å². The number of halogens is 1. The molecule has 0 radical (unpaired) electrons. The summed E-state index contributed by atoms with van der Waals surface area (Å²) in [5, 5.41) is 12.4. The summed E-state index contributed by atoms with van der Waals surface area (Å²) in [6, 6.07) is 3.93. The molecule has 1 aromatic carbocycles. The van der Waals surface area contributed by atoms with Crippen molar-refractivity contribution in [1.82, 2.24) is 0 Å². The number of aryl methyl sites for hydroxylation is 1. The van der Waals surface area contributed by atoms with Gasteiger partial charge in [-0.2, -0.15) is 0 Å². The molecule has 4 nitrogen and oxygen atoms in total. The van der Waals surface area contributed by atoms with E-state index >= 15 is 0 Å². The molecule has 0 atom stereocenters. The number of carboxylic acid groups (broad SMARTS) is 1. The zero-order chi connectivity index (χ0) is 12.1. The monoisotopic (exact) mass is 222 g/mol. The smallest absolute Gasteiger partial charge is 0.248 e. The maximum absolute atomic E-state index is 12.8. The molecule has 0 unspecified atom stereocenters. The van der Waals surface area contributed by atoms with Crippen LogP contribution in [0, 0.1) is 12.7 Å². The first-order valence-corrected chi connectivity index (χ1v) is 4.45. The summed E-state index contributed by atoms with van der Waals surface area (Å²) in [5.74, 6) is -2.60. The molecule has 1 rings (SSSR count). The standard InChI is InChI=1S/C11H10FNO3/c1-7-2-3-8(12)6-9(7)13-10(14)4-5-11(15)16/h2-6H,1H3,(H,13,14)(H,15,16)/p-1. The van der Waals surface area contributed by atoms with Crippen LogP contribution < -0.4 is 10.4 Å². The first-order valence-electron chi connectivity index (χ1n) is 4.45. The molecule has 84 valence electrons. The van der Waals surface area contributed by atoms with Crippen LogP contribution in [-0.4, -0.2) is 11.9 Å². The number of aliphatic carboxylic acids is 1. The van der Waals surface area contributed by atoms with Gasteiger partial charge in [-0.1, -0.05) is 6.07 Å². The second-order valence-corrected chi connectivity index (χ2v) is 3.10. The van der Waals surface area contributed by atoms with E-state index in [1.54, 1.807) is 6.92 Å². The maximum atomic E-state index is 12.8. The second-order valence-electron chi connectivity index (χ2n) is 3.10. The summed E-state index contributed by atoms with van der Waals surface area (Å²) >= 11 is 0. The van der Waals surface area contributed by atoms with Gasteiger partial charge in [-0.05, 0) is 30.7 Å². The highest BCUT2D eigenvalue weighted by Gasteiger charge is 2.02. The quantitative estimate of drug-likeness (QED) is 0.751. The van der Waals surface area contributed by atoms with Crippen LogP contribution in [0.5, 0.6) is 0 Å². The number of carboxylic acids is 1. The molecule has 0 saturated carbocycles. The van der Waals surface area contributed by atoms with E-state index in [0.29, 0.717) is 17.3 Å². The van der Waals surface area contributed by atoms with Gasteiger partial charge in [0.15, 0.2) is 0 Å². The number of benzene rings is 1. The molecule has 0 heterocycles. The van der Waals surface area contributed by atoms with Gasteiger partial charge in [0.05, 0.1) is 5.97 Å². The third-order valence-corrected chi connectivity index (χ3v) is 1.83. The summed E-state index contributed by atoms with van der Waals surface area (Å²) in [6.45, 7) is 1.69. The van der Waals surface area contributed by atoms with Gasteiger partial charge < -0.3 is 15.2 Å². The molecule has 1 N–H and O–H groups in total. The van der Waals surface area contributed by atoms with E-state index in [1.807, 2.05) is 0 Å². The summed E-state index contributed by atoms with van der Waals surface area (Å²) in [6.07, 6.45) is 1.41. The van der Waals surface area contributed by atoms with Crippen LogP contribution in [0.4, 0.5) is 10.1 Å². The van der Waals surface area contributed by atoms with Crippen LogP contribution in [0.1, 0.15) is 5.56 Å². The third-order valence-electron chi connectivity index (χ3n) is 1.83. The highest BCUT2D eigenvalue weighted by Crippen LogP contribution is 2.15. The average molecular weight is 222 g/mol. The lowest BCUT2D eigenvalue weighted by Crippen LogP contribution is -2.20. The Morgan fingerprint density at radius 2 is 2.06 bits per heavy atom. The van der Waals surface area contributed by atoms with E-state index in [-0.39, 0.29) is 0 Å². The molecule has 16 heavy (non-hydrogen) atoms. The third kappa shape index (κ3) is 3.53. The minimum atomic E-state index is -1.47. The molecule has 5 heteroatoms. The summed E-state index contributed by atoms with van der Waals surface area (Å²) < 4.78 is 12.8. The summed E-state index contributed by atoms with van der Waals surface area (Å²) in [7, 11) is 0. The van der Waals surface area contributed by atoms with Gasteiger partial charge in [0.1, 0.15) is 5.82 Å². The molecule has 1 amide bonds. The molecule has 0 saturated heterocycles. The predicted molar refractivity (Wildman–Crippen MR) is 53.9 cm³/mol. The highest BCUT2D eigenvalue weighted by atomic mass is 19.1. The topological polar surface area (TPSA) is 69.2 Å². The fourth-order valence-electron chi connectivity index (χ4n) is 1.05. The zero-order valence-electron chi connectivity index (χ0n) is 8.49. The fourth-order valence-corrected chi connectivity index (χ4v) is 1.05. The van der Waals surface area contributed by atoms with Gasteiger partial charge in [-0.25, -0.2) is 4.39 Å². The molecular weight excluding hydrogens is 213 g/mol. The van der Waals surface area contributed by atoms with Crippen molar-refractivity contribution in [1.29, 1.82) is 0 Å². The fraction of sp³-hybridized carbons (Fsp3) is 0.0909.